The van der Waals surface area contributed by atoms with Gasteiger partial charge in [0.1, 0.15) is 11.8 Å². The van der Waals surface area contributed by atoms with E-state index in [2.05, 4.69) is 10.3 Å². The standard InChI is InChI=1S/C19H20N4O4/c1-13(11-25-2)23(10-14-3-6-17-18(7-14)27-12-26-17)19(24)22-16-5-4-15(8-20)21-9-16/h3-7,9,13H,10-12H2,1-2H3,(H,22,24). The van der Waals surface area contributed by atoms with Gasteiger partial charge in [0.2, 0.25) is 6.79 Å². The number of nitriles is 1. The first kappa shape index (κ1) is 18.5. The number of pyridine rings is 1. The highest BCUT2D eigenvalue weighted by Gasteiger charge is 2.22. The van der Waals surface area contributed by atoms with Crippen molar-refractivity contribution >= 4 is 11.7 Å². The van der Waals surface area contributed by atoms with E-state index in [-0.39, 0.29) is 24.6 Å². The molecule has 1 atom stereocenters. The fourth-order valence-electron chi connectivity index (χ4n) is 2.72. The van der Waals surface area contributed by atoms with Gasteiger partial charge in [-0.25, -0.2) is 9.78 Å². The monoisotopic (exact) mass is 368 g/mol. The Morgan fingerprint density at radius 1 is 1.37 bits per heavy atom. The number of rotatable bonds is 6. The summed E-state index contributed by atoms with van der Waals surface area (Å²) in [7, 11) is 1.59. The van der Waals surface area contributed by atoms with Crippen molar-refractivity contribution in [3.05, 3.63) is 47.8 Å². The molecule has 0 aliphatic carbocycles. The van der Waals surface area contributed by atoms with Crippen molar-refractivity contribution in [3.8, 4) is 17.6 Å². The van der Waals surface area contributed by atoms with Crippen LogP contribution in [0, 0.1) is 11.3 Å². The van der Waals surface area contributed by atoms with Gasteiger partial charge < -0.3 is 24.4 Å². The van der Waals surface area contributed by atoms with E-state index in [4.69, 9.17) is 19.5 Å². The van der Waals surface area contributed by atoms with E-state index in [1.165, 1.54) is 6.20 Å². The van der Waals surface area contributed by atoms with Crippen LogP contribution in [0.2, 0.25) is 0 Å². The molecule has 0 saturated heterocycles. The number of methoxy groups -OCH3 is 1. The zero-order chi connectivity index (χ0) is 19.2. The predicted molar refractivity (Wildman–Crippen MR) is 97.4 cm³/mol. The molecule has 0 bridgehead atoms. The lowest BCUT2D eigenvalue weighted by molar-refractivity contribution is 0.113. The van der Waals surface area contributed by atoms with Crippen LogP contribution in [0.5, 0.6) is 11.5 Å². The highest BCUT2D eigenvalue weighted by Crippen LogP contribution is 2.33. The number of nitrogens with one attached hydrogen (secondary N) is 1. The Kier molecular flexibility index (Phi) is 5.74. The van der Waals surface area contributed by atoms with Crippen molar-refractivity contribution in [1.82, 2.24) is 9.88 Å². The maximum Gasteiger partial charge on any atom is 0.322 e. The first-order chi connectivity index (χ1) is 13.1. The zero-order valence-electron chi connectivity index (χ0n) is 15.1. The third kappa shape index (κ3) is 4.46. The van der Waals surface area contributed by atoms with Gasteiger partial charge in [-0.05, 0) is 36.8 Å². The minimum Gasteiger partial charge on any atom is -0.454 e. The molecule has 1 aromatic carbocycles. The van der Waals surface area contributed by atoms with E-state index in [0.29, 0.717) is 30.3 Å². The van der Waals surface area contributed by atoms with Crippen LogP contribution in [-0.4, -0.2) is 42.5 Å². The van der Waals surface area contributed by atoms with Crippen LogP contribution >= 0.6 is 0 Å². The highest BCUT2D eigenvalue weighted by atomic mass is 16.7. The van der Waals surface area contributed by atoms with Crippen LogP contribution in [0.15, 0.2) is 36.5 Å². The van der Waals surface area contributed by atoms with Crippen molar-refractivity contribution in [2.75, 3.05) is 25.8 Å². The van der Waals surface area contributed by atoms with Crippen LogP contribution in [0.25, 0.3) is 0 Å². The quantitative estimate of drug-likeness (QED) is 0.842. The summed E-state index contributed by atoms with van der Waals surface area (Å²) in [6.07, 6.45) is 1.45. The van der Waals surface area contributed by atoms with Gasteiger partial charge in [0.05, 0.1) is 24.5 Å². The minimum atomic E-state index is -0.288. The van der Waals surface area contributed by atoms with E-state index < -0.39 is 0 Å². The van der Waals surface area contributed by atoms with Gasteiger partial charge in [-0.1, -0.05) is 6.07 Å². The second-order valence-corrected chi connectivity index (χ2v) is 6.09. The molecule has 8 nitrogen and oxygen atoms in total. The van der Waals surface area contributed by atoms with Gasteiger partial charge in [0, 0.05) is 13.7 Å². The smallest absolute Gasteiger partial charge is 0.322 e. The van der Waals surface area contributed by atoms with Gasteiger partial charge in [0.25, 0.3) is 0 Å². The first-order valence-electron chi connectivity index (χ1n) is 8.42. The molecule has 1 aliphatic rings. The number of carbonyl (C=O) groups excluding carboxylic acids is 1. The molecular weight excluding hydrogens is 348 g/mol. The molecule has 0 spiro atoms. The molecule has 2 heterocycles. The summed E-state index contributed by atoms with van der Waals surface area (Å²) in [5.74, 6) is 1.37. The zero-order valence-corrected chi connectivity index (χ0v) is 15.1. The van der Waals surface area contributed by atoms with Crippen molar-refractivity contribution in [2.45, 2.75) is 19.5 Å². The lowest BCUT2D eigenvalue weighted by atomic mass is 10.1. The van der Waals surface area contributed by atoms with E-state index in [1.807, 2.05) is 31.2 Å². The minimum absolute atomic E-state index is 0.160. The predicted octanol–water partition coefficient (Wildman–Crippen LogP) is 2.75. The van der Waals surface area contributed by atoms with Crippen LogP contribution in [0.3, 0.4) is 0 Å². The number of anilines is 1. The van der Waals surface area contributed by atoms with E-state index in [9.17, 15) is 4.79 Å². The Hall–Kier alpha value is -3.31. The number of aromatic nitrogens is 1. The van der Waals surface area contributed by atoms with Gasteiger partial charge in [-0.15, -0.1) is 0 Å². The Labute approximate surface area is 157 Å². The second kappa shape index (κ2) is 8.38. The van der Waals surface area contributed by atoms with Crippen molar-refractivity contribution in [1.29, 1.82) is 5.26 Å². The largest absolute Gasteiger partial charge is 0.454 e. The Balaban J connectivity index is 1.75. The number of ether oxygens (including phenoxy) is 3. The van der Waals surface area contributed by atoms with Gasteiger partial charge in [-0.2, -0.15) is 5.26 Å². The number of benzene rings is 1. The molecule has 1 aromatic heterocycles. The van der Waals surface area contributed by atoms with E-state index in [0.717, 1.165) is 5.56 Å². The van der Waals surface area contributed by atoms with Crippen LogP contribution in [-0.2, 0) is 11.3 Å². The van der Waals surface area contributed by atoms with Crippen LogP contribution in [0.1, 0.15) is 18.2 Å². The average Bonchev–Trinajstić information content (AvgIpc) is 3.14. The van der Waals surface area contributed by atoms with Crippen molar-refractivity contribution in [3.63, 3.8) is 0 Å². The molecule has 2 aromatic rings. The molecule has 1 aliphatic heterocycles. The molecular formula is C19H20N4O4. The third-order valence-corrected chi connectivity index (χ3v) is 4.12. The lowest BCUT2D eigenvalue weighted by Crippen LogP contribution is -2.43. The Morgan fingerprint density at radius 3 is 2.89 bits per heavy atom. The molecule has 140 valence electrons. The SMILES string of the molecule is COCC(C)N(Cc1ccc2c(c1)OCO2)C(=O)Nc1ccc(C#N)nc1. The summed E-state index contributed by atoms with van der Waals surface area (Å²) in [5, 5.41) is 11.6. The number of hydrogen-bond donors (Lipinski definition) is 1. The Bertz CT molecular complexity index is 848. The summed E-state index contributed by atoms with van der Waals surface area (Å²) in [6.45, 7) is 2.88. The van der Waals surface area contributed by atoms with E-state index >= 15 is 0 Å². The lowest BCUT2D eigenvalue weighted by Gasteiger charge is -2.29. The summed E-state index contributed by atoms with van der Waals surface area (Å²) < 4.78 is 15.9. The van der Waals surface area contributed by atoms with E-state index in [1.54, 1.807) is 24.1 Å². The summed E-state index contributed by atoms with van der Waals surface area (Å²) in [5.41, 5.74) is 1.72. The molecule has 1 N–H and O–H groups in total. The van der Waals surface area contributed by atoms with Gasteiger partial charge >= 0.3 is 6.03 Å². The van der Waals surface area contributed by atoms with Gasteiger partial charge in [0.15, 0.2) is 11.5 Å². The van der Waals surface area contributed by atoms with Crippen molar-refractivity contribution in [2.24, 2.45) is 0 Å². The molecule has 27 heavy (non-hydrogen) atoms. The van der Waals surface area contributed by atoms with Gasteiger partial charge in [-0.3, -0.25) is 0 Å². The normalized spacial score (nSPS) is 12.9. The first-order valence-corrected chi connectivity index (χ1v) is 8.42. The van der Waals surface area contributed by atoms with Crippen LogP contribution < -0.4 is 14.8 Å². The fourth-order valence-corrected chi connectivity index (χ4v) is 2.72. The van der Waals surface area contributed by atoms with Crippen molar-refractivity contribution < 1.29 is 19.0 Å². The number of carbonyl (C=O) groups is 1. The number of amides is 2. The summed E-state index contributed by atoms with van der Waals surface area (Å²) in [6, 6.07) is 10.3. The molecule has 0 radical (unpaired) electrons. The molecule has 0 fully saturated rings. The maximum atomic E-state index is 12.8. The Morgan fingerprint density at radius 2 is 2.19 bits per heavy atom. The third-order valence-electron chi connectivity index (χ3n) is 4.12. The number of fused-ring (bicyclic) bond motifs is 1. The fraction of sp³-hybridized carbons (Fsp3) is 0.316. The molecule has 2 amide bonds. The maximum absolute atomic E-state index is 12.8. The molecule has 3 rings (SSSR count). The number of urea groups is 1. The summed E-state index contributed by atoms with van der Waals surface area (Å²) in [4.78, 5) is 18.5. The summed E-state index contributed by atoms with van der Waals surface area (Å²) >= 11 is 0. The second-order valence-electron chi connectivity index (χ2n) is 6.09. The average molecular weight is 368 g/mol. The highest BCUT2D eigenvalue weighted by molar-refractivity contribution is 5.89. The number of nitrogens with zero attached hydrogens (tertiary/aromatic N) is 3. The molecule has 0 saturated carbocycles. The number of hydrogen-bond acceptors (Lipinski definition) is 6. The van der Waals surface area contributed by atoms with Crippen LogP contribution in [0.4, 0.5) is 10.5 Å². The topological polar surface area (TPSA) is 96.7 Å². The molecule has 8 heteroatoms. The molecule has 1 unspecified atom stereocenters.